The van der Waals surface area contributed by atoms with Crippen LogP contribution in [0.5, 0.6) is 0 Å². The molecule has 0 amide bonds. The average Bonchev–Trinajstić information content (AvgIpc) is 3.90. The Kier molecular flexibility index (Phi) is 20.2. The van der Waals surface area contributed by atoms with Crippen LogP contribution in [0.4, 0.5) is 0 Å². The van der Waals surface area contributed by atoms with Crippen LogP contribution in [-0.4, -0.2) is 57.7 Å². The number of allylic oxidation sites excluding steroid dienone is 4. The first kappa shape index (κ1) is 51.7. The van der Waals surface area contributed by atoms with Crippen LogP contribution in [0, 0.1) is 71.0 Å². The molecule has 0 aromatic rings. The summed E-state index contributed by atoms with van der Waals surface area (Å²) in [4.78, 5) is 57.5. The van der Waals surface area contributed by atoms with Gasteiger partial charge in [0.2, 0.25) is 0 Å². The minimum Gasteiger partial charge on any atom is -0.799 e. The van der Waals surface area contributed by atoms with Gasteiger partial charge in [0.1, 0.15) is 17.2 Å². The Morgan fingerprint density at radius 3 is 1.69 bits per heavy atom. The molecule has 61 heavy (non-hydrogen) atoms. The van der Waals surface area contributed by atoms with Gasteiger partial charge < -0.3 is 34.0 Å². The minimum atomic E-state index is -3.16. The maximum Gasteiger partial charge on any atom is 1.00 e. The molecule has 2 N–H and O–H groups in total. The van der Waals surface area contributed by atoms with Gasteiger partial charge >= 0.3 is 41.5 Å². The van der Waals surface area contributed by atoms with Crippen molar-refractivity contribution in [2.24, 2.45) is 47.3 Å². The molecule has 0 bridgehead atoms. The van der Waals surface area contributed by atoms with Crippen LogP contribution < -0.4 is 34.5 Å². The third-order valence-electron chi connectivity index (χ3n) is 14.4. The first-order chi connectivity index (χ1) is 28.4. The van der Waals surface area contributed by atoms with E-state index in [9.17, 15) is 33.7 Å². The van der Waals surface area contributed by atoms with E-state index in [0.717, 1.165) is 109 Å². The van der Waals surface area contributed by atoms with Gasteiger partial charge in [0.15, 0.2) is 5.60 Å². The van der Waals surface area contributed by atoms with Gasteiger partial charge in [0, 0.05) is 45.4 Å². The molecule has 6 fully saturated rings. The molecular weight excluding hydrogens is 799 g/mol. The number of ketones is 2. The van der Waals surface area contributed by atoms with Crippen LogP contribution in [0.3, 0.4) is 0 Å². The maximum absolute atomic E-state index is 11.9. The number of aliphatic hydroxyl groups is 1. The number of rotatable bonds is 13. The summed E-state index contributed by atoms with van der Waals surface area (Å²) in [5.41, 5.74) is 1.36. The maximum atomic E-state index is 11.9. The van der Waals surface area contributed by atoms with E-state index in [1.54, 1.807) is 13.8 Å². The predicted molar refractivity (Wildman–Crippen MR) is 233 cm³/mol. The molecule has 0 radical (unpaired) electrons. The molecule has 332 valence electrons. The Hall–Kier alpha value is -1.97. The smallest absolute Gasteiger partial charge is 0.799 e. The number of carboxylic acids is 1. The van der Waals surface area contributed by atoms with E-state index in [2.05, 4.69) is 35.8 Å². The Bertz CT molecular complexity index is 1780. The van der Waals surface area contributed by atoms with E-state index < -0.39 is 24.5 Å². The van der Waals surface area contributed by atoms with E-state index in [-0.39, 0.29) is 77.4 Å². The summed E-state index contributed by atoms with van der Waals surface area (Å²) in [5.74, 6) is 16.1. The number of carbonyl (C=O) groups is 4. The van der Waals surface area contributed by atoms with Crippen molar-refractivity contribution >= 4 is 30.9 Å². The first-order valence-electron chi connectivity index (χ1n) is 23.2. The van der Waals surface area contributed by atoms with E-state index in [1.165, 1.54) is 31.2 Å². The van der Waals surface area contributed by atoms with Crippen molar-refractivity contribution in [1.29, 1.82) is 0 Å². The second-order valence-corrected chi connectivity index (χ2v) is 22.2. The number of hydrogen-bond acceptors (Lipinski definition) is 8. The first-order valence-corrected chi connectivity index (χ1v) is 25.5. The Balaban J connectivity index is 0.000000265. The summed E-state index contributed by atoms with van der Waals surface area (Å²) < 4.78 is 17.1. The molecular formula is C50H72NaO9P. The van der Waals surface area contributed by atoms with Gasteiger partial charge in [-0.3, -0.25) is 9.59 Å². The summed E-state index contributed by atoms with van der Waals surface area (Å²) >= 11 is 0. The predicted octanol–water partition coefficient (Wildman–Crippen LogP) is 6.38. The average molecular weight is 871 g/mol. The number of Topliss-reactive ketones (excluding diaryl/α,β-unsaturated/α-hetero) is 2. The molecule has 0 aromatic heterocycles. The molecule has 11 heteroatoms. The summed E-state index contributed by atoms with van der Waals surface area (Å²) in [6, 6.07) is 0. The summed E-state index contributed by atoms with van der Waals surface area (Å²) in [7, 11) is -3.16. The zero-order valence-electron chi connectivity index (χ0n) is 37.9. The standard InChI is InChI=1S/C26H36O5.C24H37O4P.Na/c1-18(27)14-21-17-22-15-20(8-4-5-9-25(29)30)16-24(22)23(21)10-13-26(31-19(2)28)11-6-3-7-12-26;1-18(25)14-20-17-21-15-19(8-4-7-13-29(2,27)28)16-23(21)22(20)9-12-24(26)10-5-3-6-11-24;/h8,21-24H,3-7,9,11-12,14-17H2,1-2H3,(H,29,30);8,20-23,26H,3-7,10-11,13-17H2,1-2H3,(H,27,28);/q;;+1/p-1/b20-8-;19-8-;/t21-,22?,23-,24?;20-,21?,22-,23?;/m00./s1. The third kappa shape index (κ3) is 16.2. The molecule has 0 aliphatic heterocycles. The molecule has 9 atom stereocenters. The second-order valence-electron chi connectivity index (χ2n) is 19.7. The fourth-order valence-corrected chi connectivity index (χ4v) is 12.5. The van der Waals surface area contributed by atoms with Crippen LogP contribution in [-0.2, 0) is 28.5 Å². The fraction of sp³-hybridized carbons (Fsp3) is 0.760. The summed E-state index contributed by atoms with van der Waals surface area (Å²) in [5, 5.41) is 19.6. The molecule has 6 aliphatic carbocycles. The van der Waals surface area contributed by atoms with Crippen molar-refractivity contribution in [2.45, 2.75) is 180 Å². The molecule has 6 aliphatic rings. The van der Waals surface area contributed by atoms with Gasteiger partial charge in [0.05, 0.1) is 0 Å². The normalized spacial score (nSPS) is 31.7. The van der Waals surface area contributed by atoms with E-state index in [1.807, 2.05) is 0 Å². The largest absolute Gasteiger partial charge is 1.00 e. The van der Waals surface area contributed by atoms with E-state index >= 15 is 0 Å². The third-order valence-corrected chi connectivity index (χ3v) is 15.5. The van der Waals surface area contributed by atoms with Gasteiger partial charge in [-0.1, -0.05) is 59.8 Å². The van der Waals surface area contributed by atoms with Crippen molar-refractivity contribution in [3.63, 3.8) is 0 Å². The number of esters is 1. The van der Waals surface area contributed by atoms with Crippen molar-refractivity contribution in [2.75, 3.05) is 12.8 Å². The molecule has 0 aromatic carbocycles. The van der Waals surface area contributed by atoms with Crippen molar-refractivity contribution in [3.8, 4) is 23.7 Å². The molecule has 6 saturated carbocycles. The van der Waals surface area contributed by atoms with Crippen LogP contribution in [0.25, 0.3) is 0 Å². The fourth-order valence-electron chi connectivity index (χ4n) is 11.7. The Morgan fingerprint density at radius 1 is 0.754 bits per heavy atom. The quantitative estimate of drug-likeness (QED) is 0.0535. The van der Waals surface area contributed by atoms with Gasteiger partial charge in [-0.25, -0.2) is 0 Å². The monoisotopic (exact) mass is 870 g/mol. The van der Waals surface area contributed by atoms with Gasteiger partial charge in [0.25, 0.3) is 0 Å². The van der Waals surface area contributed by atoms with E-state index in [4.69, 9.17) is 9.84 Å². The van der Waals surface area contributed by atoms with Crippen molar-refractivity contribution in [3.05, 3.63) is 23.3 Å². The number of carbonyl (C=O) groups excluding carboxylic acids is 3. The van der Waals surface area contributed by atoms with Crippen molar-refractivity contribution < 1.29 is 73.1 Å². The molecule has 6 rings (SSSR count). The van der Waals surface area contributed by atoms with Gasteiger partial charge in [-0.2, -0.15) is 0 Å². The van der Waals surface area contributed by atoms with Crippen LogP contribution >= 0.6 is 7.37 Å². The summed E-state index contributed by atoms with van der Waals surface area (Å²) in [6.07, 6.45) is 24.9. The van der Waals surface area contributed by atoms with Crippen LogP contribution in [0.1, 0.15) is 168 Å². The molecule has 0 heterocycles. The van der Waals surface area contributed by atoms with E-state index in [0.29, 0.717) is 55.3 Å². The second kappa shape index (κ2) is 23.8. The number of fused-ring (bicyclic) bond motifs is 2. The molecule has 5 unspecified atom stereocenters. The SMILES string of the molecule is CC(=O)C[C@H]1CC2C/C(=C/CCCC(=O)O)CC2[C@H]1C#CC1(OC(C)=O)CCCCC1.CC(=O)C[C@H]1CC2C/C(=C/CCCP(C)(=O)[O-])CC2[C@H]1C#CC1(O)CCCCC1.[Na+]. The van der Waals surface area contributed by atoms with Crippen LogP contribution in [0.15, 0.2) is 23.3 Å². The zero-order valence-corrected chi connectivity index (χ0v) is 40.8. The Morgan fingerprint density at radius 2 is 1.23 bits per heavy atom. The number of hydrogen-bond donors (Lipinski definition) is 2. The van der Waals surface area contributed by atoms with Gasteiger partial charge in [-0.15, -0.1) is 0 Å². The molecule has 0 saturated heterocycles. The number of aliphatic carboxylic acids is 1. The number of unbranched alkanes of at least 4 members (excludes halogenated alkanes) is 2. The summed E-state index contributed by atoms with van der Waals surface area (Å²) in [6.45, 7) is 6.11. The van der Waals surface area contributed by atoms with Gasteiger partial charge in [-0.05, 0) is 178 Å². The topological polar surface area (TPSA) is 158 Å². The number of carboxylic acid groups (broad SMARTS) is 1. The van der Waals surface area contributed by atoms with Crippen LogP contribution in [0.2, 0.25) is 0 Å². The minimum absolute atomic E-state index is 0. The number of ether oxygens (including phenoxy) is 1. The molecule has 0 spiro atoms. The van der Waals surface area contributed by atoms with Crippen molar-refractivity contribution in [1.82, 2.24) is 0 Å². The zero-order chi connectivity index (χ0) is 43.5. The molecule has 9 nitrogen and oxygen atoms in total. The Labute approximate surface area is 388 Å².